The van der Waals surface area contributed by atoms with Crippen LogP contribution in [0, 0.1) is 6.92 Å². The average Bonchev–Trinajstić information content (AvgIpc) is 2.82. The molecule has 0 aliphatic carbocycles. The van der Waals surface area contributed by atoms with Gasteiger partial charge in [0.2, 0.25) is 0 Å². The fourth-order valence-corrected chi connectivity index (χ4v) is 2.82. The topological polar surface area (TPSA) is 71.1 Å². The second-order valence-corrected chi connectivity index (χ2v) is 5.51. The maximum atomic E-state index is 12.1. The zero-order valence-electron chi connectivity index (χ0n) is 12.4. The zero-order valence-corrected chi connectivity index (χ0v) is 12.4. The van der Waals surface area contributed by atoms with Gasteiger partial charge in [-0.2, -0.15) is 0 Å². The average molecular weight is 303 g/mol. The number of pyridine rings is 1. The first-order chi connectivity index (χ1) is 11.1. The molecule has 0 spiro atoms. The van der Waals surface area contributed by atoms with Crippen molar-refractivity contribution in [1.82, 2.24) is 4.98 Å². The first kappa shape index (κ1) is 13.5. The van der Waals surface area contributed by atoms with Gasteiger partial charge in [0.1, 0.15) is 11.6 Å². The first-order valence-electron chi connectivity index (χ1n) is 7.25. The van der Waals surface area contributed by atoms with E-state index in [2.05, 4.69) is 15.6 Å². The number of amides is 1. The van der Waals surface area contributed by atoms with Gasteiger partial charge in [-0.15, -0.1) is 0 Å². The summed E-state index contributed by atoms with van der Waals surface area (Å²) < 4.78 is 0. The van der Waals surface area contributed by atoms with Crippen molar-refractivity contribution < 1.29 is 9.59 Å². The number of aromatic nitrogens is 1. The van der Waals surface area contributed by atoms with Crippen molar-refractivity contribution in [3.05, 3.63) is 59.7 Å². The number of nitrogens with one attached hydrogen (secondary N) is 2. The van der Waals surface area contributed by atoms with Crippen LogP contribution in [0.15, 0.2) is 48.5 Å². The molecule has 0 saturated carbocycles. The van der Waals surface area contributed by atoms with Crippen LogP contribution in [-0.4, -0.2) is 16.7 Å². The Bertz CT molecular complexity index is 979. The Morgan fingerprint density at radius 3 is 2.57 bits per heavy atom. The van der Waals surface area contributed by atoms with E-state index in [9.17, 15) is 9.59 Å². The summed E-state index contributed by atoms with van der Waals surface area (Å²) in [5.41, 5.74) is 2.38. The number of hydrogen-bond acceptors (Lipinski definition) is 4. The third-order valence-electron chi connectivity index (χ3n) is 3.86. The van der Waals surface area contributed by atoms with E-state index in [1.165, 1.54) is 0 Å². The molecule has 5 heteroatoms. The van der Waals surface area contributed by atoms with Crippen LogP contribution in [0.5, 0.6) is 0 Å². The number of hydrogen-bond donors (Lipinski definition) is 2. The number of nitrogens with zero attached hydrogens (tertiary/aromatic N) is 1. The number of carbonyl (C=O) groups is 2. The minimum absolute atomic E-state index is 0.314. The molecule has 112 valence electrons. The van der Waals surface area contributed by atoms with Crippen LogP contribution in [-0.2, 0) is 4.79 Å². The molecular weight excluding hydrogens is 290 g/mol. The maximum Gasteiger partial charge on any atom is 0.298 e. The second kappa shape index (κ2) is 4.91. The van der Waals surface area contributed by atoms with Crippen molar-refractivity contribution in [3.63, 3.8) is 0 Å². The molecule has 1 aliphatic rings. The van der Waals surface area contributed by atoms with Crippen LogP contribution in [0.4, 0.5) is 17.3 Å². The lowest BCUT2D eigenvalue weighted by Crippen LogP contribution is -2.12. The number of anilines is 3. The van der Waals surface area contributed by atoms with E-state index in [0.29, 0.717) is 17.2 Å². The minimum Gasteiger partial charge on any atom is -0.340 e. The van der Waals surface area contributed by atoms with Crippen LogP contribution in [0.2, 0.25) is 0 Å². The Balaban J connectivity index is 1.92. The number of rotatable bonds is 2. The van der Waals surface area contributed by atoms with E-state index in [-0.39, 0.29) is 0 Å². The molecule has 1 aromatic heterocycles. The Morgan fingerprint density at radius 2 is 1.78 bits per heavy atom. The number of aryl methyl sites for hydroxylation is 1. The summed E-state index contributed by atoms with van der Waals surface area (Å²) in [6.45, 7) is 2.01. The Kier molecular flexibility index (Phi) is 2.87. The highest BCUT2D eigenvalue weighted by Gasteiger charge is 2.32. The van der Waals surface area contributed by atoms with Gasteiger partial charge in [-0.25, -0.2) is 4.98 Å². The highest BCUT2D eigenvalue weighted by Crippen LogP contribution is 2.34. The standard InChI is InChI=1S/C18H13N3O2/c1-10-5-4-6-11(9-10)19-16-13-8-3-2-7-12(13)14-15(22)18(23)21-17(14)20-16/h2-9H,1H3,(H2,19,20,21,22,23). The molecule has 0 radical (unpaired) electrons. The summed E-state index contributed by atoms with van der Waals surface area (Å²) in [7, 11) is 0. The molecule has 2 heterocycles. The quantitative estimate of drug-likeness (QED) is 0.712. The molecule has 4 rings (SSSR count). The van der Waals surface area contributed by atoms with Gasteiger partial charge in [0, 0.05) is 16.5 Å². The van der Waals surface area contributed by atoms with Gasteiger partial charge in [-0.05, 0) is 24.6 Å². The second-order valence-electron chi connectivity index (χ2n) is 5.51. The van der Waals surface area contributed by atoms with Crippen molar-refractivity contribution >= 4 is 39.8 Å². The molecule has 0 atom stereocenters. The Hall–Kier alpha value is -3.21. The van der Waals surface area contributed by atoms with Crippen molar-refractivity contribution in [1.29, 1.82) is 0 Å². The normalized spacial score (nSPS) is 13.1. The highest BCUT2D eigenvalue weighted by atomic mass is 16.2. The SMILES string of the molecule is Cc1cccc(Nc2nc3c(c4ccccc24)C(=O)C(=O)N3)c1. The molecule has 2 aromatic carbocycles. The van der Waals surface area contributed by atoms with E-state index in [1.54, 1.807) is 0 Å². The molecule has 0 fully saturated rings. The summed E-state index contributed by atoms with van der Waals surface area (Å²) in [6.07, 6.45) is 0. The van der Waals surface area contributed by atoms with Gasteiger partial charge in [0.05, 0.1) is 5.56 Å². The molecular formula is C18H13N3O2. The Labute approximate surface area is 132 Å². The van der Waals surface area contributed by atoms with Crippen LogP contribution < -0.4 is 10.6 Å². The number of ketones is 1. The first-order valence-corrected chi connectivity index (χ1v) is 7.25. The molecule has 0 saturated heterocycles. The van der Waals surface area contributed by atoms with Gasteiger partial charge >= 0.3 is 0 Å². The lowest BCUT2D eigenvalue weighted by molar-refractivity contribution is -0.112. The van der Waals surface area contributed by atoms with E-state index in [0.717, 1.165) is 22.0 Å². The van der Waals surface area contributed by atoms with Crippen molar-refractivity contribution in [3.8, 4) is 0 Å². The van der Waals surface area contributed by atoms with Crippen LogP contribution in [0.3, 0.4) is 0 Å². The van der Waals surface area contributed by atoms with E-state index >= 15 is 0 Å². The molecule has 1 aliphatic heterocycles. The van der Waals surface area contributed by atoms with Crippen LogP contribution >= 0.6 is 0 Å². The smallest absolute Gasteiger partial charge is 0.298 e. The molecule has 2 N–H and O–H groups in total. The Morgan fingerprint density at radius 1 is 1.00 bits per heavy atom. The van der Waals surface area contributed by atoms with Gasteiger partial charge in [-0.1, -0.05) is 36.4 Å². The van der Waals surface area contributed by atoms with E-state index in [1.807, 2.05) is 55.5 Å². The van der Waals surface area contributed by atoms with Crippen molar-refractivity contribution in [2.45, 2.75) is 6.92 Å². The summed E-state index contributed by atoms with van der Waals surface area (Å²) >= 11 is 0. The highest BCUT2D eigenvalue weighted by molar-refractivity contribution is 6.53. The minimum atomic E-state index is -0.634. The number of fused-ring (bicyclic) bond motifs is 3. The fraction of sp³-hybridized carbons (Fsp3) is 0.0556. The lowest BCUT2D eigenvalue weighted by Gasteiger charge is -2.12. The largest absolute Gasteiger partial charge is 0.340 e. The van der Waals surface area contributed by atoms with Crippen LogP contribution in [0.1, 0.15) is 15.9 Å². The van der Waals surface area contributed by atoms with E-state index in [4.69, 9.17) is 0 Å². The predicted molar refractivity (Wildman–Crippen MR) is 89.2 cm³/mol. The summed E-state index contributed by atoms with van der Waals surface area (Å²) in [4.78, 5) is 28.2. The summed E-state index contributed by atoms with van der Waals surface area (Å²) in [5, 5.41) is 7.33. The molecule has 0 bridgehead atoms. The predicted octanol–water partition coefficient (Wildman–Crippen LogP) is 3.42. The van der Waals surface area contributed by atoms with Crippen molar-refractivity contribution in [2.75, 3.05) is 10.6 Å². The fourth-order valence-electron chi connectivity index (χ4n) is 2.82. The molecule has 3 aromatic rings. The van der Waals surface area contributed by atoms with Gasteiger partial charge < -0.3 is 10.6 Å². The zero-order chi connectivity index (χ0) is 16.0. The summed E-state index contributed by atoms with van der Waals surface area (Å²) in [6, 6.07) is 15.4. The van der Waals surface area contributed by atoms with Crippen molar-refractivity contribution in [2.24, 2.45) is 0 Å². The lowest BCUT2D eigenvalue weighted by atomic mass is 10.0. The van der Waals surface area contributed by atoms with Gasteiger partial charge in [0.25, 0.3) is 11.7 Å². The van der Waals surface area contributed by atoms with Crippen LogP contribution in [0.25, 0.3) is 10.8 Å². The van der Waals surface area contributed by atoms with Gasteiger partial charge in [-0.3, -0.25) is 9.59 Å². The number of Topliss-reactive ketones (excluding diaryl/α,β-unsaturated/α-hetero) is 1. The molecule has 1 amide bonds. The molecule has 5 nitrogen and oxygen atoms in total. The van der Waals surface area contributed by atoms with Gasteiger partial charge in [0.15, 0.2) is 0 Å². The molecule has 0 unspecified atom stereocenters. The summed E-state index contributed by atoms with van der Waals surface area (Å²) in [5.74, 6) is -0.245. The number of benzene rings is 2. The monoisotopic (exact) mass is 303 g/mol. The van der Waals surface area contributed by atoms with E-state index < -0.39 is 11.7 Å². The third kappa shape index (κ3) is 2.14. The maximum absolute atomic E-state index is 12.1. The number of carbonyl (C=O) groups excluding carboxylic acids is 2. The molecule has 23 heavy (non-hydrogen) atoms. The third-order valence-corrected chi connectivity index (χ3v) is 3.86.